The zero-order chi connectivity index (χ0) is 28.8. The van der Waals surface area contributed by atoms with E-state index in [1.54, 1.807) is 11.8 Å². The maximum atomic E-state index is 13.6. The molecule has 2 saturated carbocycles. The highest BCUT2D eigenvalue weighted by molar-refractivity contribution is 7.98. The van der Waals surface area contributed by atoms with Gasteiger partial charge in [-0.2, -0.15) is 11.8 Å². The summed E-state index contributed by atoms with van der Waals surface area (Å²) >= 11 is 1.68. The number of carboxylic acids is 1. The molecule has 0 aliphatic heterocycles. The monoisotopic (exact) mass is 570 g/mol. The fraction of sp³-hybridized carbons (Fsp3) is 0.429. The third-order valence-corrected chi connectivity index (χ3v) is 9.52. The number of amides is 1. The van der Waals surface area contributed by atoms with E-state index in [0.29, 0.717) is 18.0 Å². The molecule has 41 heavy (non-hydrogen) atoms. The Labute approximate surface area is 248 Å². The summed E-state index contributed by atoms with van der Waals surface area (Å²) in [7, 11) is 0. The average molecular weight is 571 g/mol. The number of aliphatic carboxylic acids is 1. The molecule has 5 rings (SSSR count). The van der Waals surface area contributed by atoms with E-state index in [1.165, 1.54) is 43.2 Å². The maximum absolute atomic E-state index is 13.6. The molecule has 0 spiro atoms. The van der Waals surface area contributed by atoms with E-state index in [0.717, 1.165) is 41.8 Å². The van der Waals surface area contributed by atoms with Crippen molar-refractivity contribution >= 4 is 23.6 Å². The highest BCUT2D eigenvalue weighted by Gasteiger charge is 2.47. The number of thioether (sulfide) groups is 1. The Morgan fingerprint density at radius 2 is 1.73 bits per heavy atom. The number of rotatable bonds is 14. The molecule has 1 amide bonds. The summed E-state index contributed by atoms with van der Waals surface area (Å²) in [4.78, 5) is 28.3. The summed E-state index contributed by atoms with van der Waals surface area (Å²) in [5.41, 5.74) is 6.28. The summed E-state index contributed by atoms with van der Waals surface area (Å²) in [6.07, 6.45) is 10.4. The predicted molar refractivity (Wildman–Crippen MR) is 168 cm³/mol. The first-order valence-corrected chi connectivity index (χ1v) is 16.3. The molecule has 0 unspecified atom stereocenters. The van der Waals surface area contributed by atoms with Crippen molar-refractivity contribution in [3.05, 3.63) is 95.1 Å². The van der Waals surface area contributed by atoms with Gasteiger partial charge in [-0.15, -0.1) is 0 Å². The number of aryl methyl sites for hydroxylation is 1. The van der Waals surface area contributed by atoms with Crippen LogP contribution in [0, 0.1) is 6.92 Å². The van der Waals surface area contributed by atoms with E-state index in [4.69, 9.17) is 0 Å². The van der Waals surface area contributed by atoms with Crippen LogP contribution in [0.3, 0.4) is 0 Å². The van der Waals surface area contributed by atoms with Crippen molar-refractivity contribution in [1.82, 2.24) is 10.2 Å². The van der Waals surface area contributed by atoms with Gasteiger partial charge in [0.15, 0.2) is 0 Å². The first-order chi connectivity index (χ1) is 19.9. The number of hydrogen-bond acceptors (Lipinski definition) is 4. The third-order valence-electron chi connectivity index (χ3n) is 8.82. The van der Waals surface area contributed by atoms with Crippen molar-refractivity contribution in [3.63, 3.8) is 0 Å². The standard InChI is InChI=1S/C35H42N2O3S/c1-25-10-6-7-13-29(25)31-22-27(15-18-30(31)33(38)36-32(34(39)40)14-8-21-41-2)24-37(28-16-17-28)35(19-9-20-35)23-26-11-4-3-5-12-26/h3-7,10-13,15,18,22,28,32H,8-9,14,16-17,19-21,23-24H2,1-2H3,(H,36,38)(H,39,40)/t32-/m0/s1. The van der Waals surface area contributed by atoms with E-state index in [1.807, 2.05) is 24.5 Å². The molecule has 1 atom stereocenters. The van der Waals surface area contributed by atoms with Gasteiger partial charge in [-0.1, -0.05) is 60.7 Å². The summed E-state index contributed by atoms with van der Waals surface area (Å²) in [5.74, 6) is -0.450. The fourth-order valence-corrected chi connectivity index (χ4v) is 6.76. The second-order valence-corrected chi connectivity index (χ2v) is 12.8. The van der Waals surface area contributed by atoms with Crippen LogP contribution in [-0.2, 0) is 17.8 Å². The Morgan fingerprint density at radius 1 is 1.00 bits per heavy atom. The van der Waals surface area contributed by atoms with Gasteiger partial charge in [0.2, 0.25) is 0 Å². The maximum Gasteiger partial charge on any atom is 0.326 e. The minimum atomic E-state index is -0.988. The molecule has 0 aromatic heterocycles. The molecule has 216 valence electrons. The molecule has 0 bridgehead atoms. The van der Waals surface area contributed by atoms with Crippen molar-refractivity contribution in [2.24, 2.45) is 0 Å². The lowest BCUT2D eigenvalue weighted by atomic mass is 9.71. The van der Waals surface area contributed by atoms with Gasteiger partial charge in [0.25, 0.3) is 5.91 Å². The number of carboxylic acid groups (broad SMARTS) is 1. The molecule has 0 radical (unpaired) electrons. The highest BCUT2D eigenvalue weighted by Crippen LogP contribution is 2.47. The van der Waals surface area contributed by atoms with Gasteiger partial charge < -0.3 is 10.4 Å². The van der Waals surface area contributed by atoms with Crippen LogP contribution in [0.25, 0.3) is 11.1 Å². The number of nitrogens with zero attached hydrogens (tertiary/aromatic N) is 1. The Morgan fingerprint density at radius 3 is 2.37 bits per heavy atom. The lowest BCUT2D eigenvalue weighted by Gasteiger charge is -2.51. The molecule has 0 saturated heterocycles. The number of carbonyl (C=O) groups excluding carboxylic acids is 1. The number of hydrogen-bond donors (Lipinski definition) is 2. The highest BCUT2D eigenvalue weighted by atomic mass is 32.2. The van der Waals surface area contributed by atoms with Crippen LogP contribution in [-0.4, -0.2) is 51.5 Å². The van der Waals surface area contributed by atoms with Crippen LogP contribution in [0.2, 0.25) is 0 Å². The molecule has 2 aliphatic rings. The molecule has 2 N–H and O–H groups in total. The van der Waals surface area contributed by atoms with Gasteiger partial charge in [0.05, 0.1) is 0 Å². The van der Waals surface area contributed by atoms with Crippen molar-refractivity contribution in [2.45, 2.75) is 82.5 Å². The van der Waals surface area contributed by atoms with Crippen molar-refractivity contribution in [1.29, 1.82) is 0 Å². The van der Waals surface area contributed by atoms with Crippen molar-refractivity contribution in [2.75, 3.05) is 12.0 Å². The van der Waals surface area contributed by atoms with Crippen LogP contribution in [0.5, 0.6) is 0 Å². The second kappa shape index (κ2) is 13.3. The lowest BCUT2D eigenvalue weighted by Crippen LogP contribution is -2.55. The summed E-state index contributed by atoms with van der Waals surface area (Å²) in [5, 5.41) is 12.6. The van der Waals surface area contributed by atoms with E-state index in [-0.39, 0.29) is 11.4 Å². The largest absolute Gasteiger partial charge is 0.480 e. The van der Waals surface area contributed by atoms with Gasteiger partial charge in [0, 0.05) is 23.7 Å². The zero-order valence-corrected chi connectivity index (χ0v) is 25.1. The minimum Gasteiger partial charge on any atom is -0.480 e. The molecule has 0 heterocycles. The predicted octanol–water partition coefficient (Wildman–Crippen LogP) is 7.12. The van der Waals surface area contributed by atoms with E-state index in [9.17, 15) is 14.7 Å². The molecule has 2 fully saturated rings. The minimum absolute atomic E-state index is 0.187. The first kappa shape index (κ1) is 29.4. The number of carbonyl (C=O) groups is 2. The van der Waals surface area contributed by atoms with Crippen molar-refractivity contribution < 1.29 is 14.7 Å². The van der Waals surface area contributed by atoms with Gasteiger partial charge in [-0.05, 0) is 110 Å². The summed E-state index contributed by atoms with van der Waals surface area (Å²) in [6, 6.07) is 24.8. The van der Waals surface area contributed by atoms with Gasteiger partial charge >= 0.3 is 5.97 Å². The Kier molecular flexibility index (Phi) is 9.51. The van der Waals surface area contributed by atoms with Crippen LogP contribution in [0.15, 0.2) is 72.8 Å². The molecule has 3 aromatic rings. The van der Waals surface area contributed by atoms with Gasteiger partial charge in [0.1, 0.15) is 6.04 Å². The van der Waals surface area contributed by atoms with Crippen LogP contribution >= 0.6 is 11.8 Å². The first-order valence-electron chi connectivity index (χ1n) is 14.9. The average Bonchev–Trinajstić information content (AvgIpc) is 3.79. The number of nitrogens with one attached hydrogen (secondary N) is 1. The SMILES string of the molecule is CSCCC[C@H](NC(=O)c1ccc(CN(C2CC2)C2(Cc3ccccc3)CCC2)cc1-c1ccccc1C)C(=O)O. The molecular weight excluding hydrogens is 528 g/mol. The normalized spacial score (nSPS) is 16.7. The molecular formula is C35H42N2O3S. The van der Waals surface area contributed by atoms with Crippen LogP contribution in [0.4, 0.5) is 0 Å². The Balaban J connectivity index is 1.44. The van der Waals surface area contributed by atoms with E-state index >= 15 is 0 Å². The Hall–Kier alpha value is -3.09. The zero-order valence-electron chi connectivity index (χ0n) is 24.3. The molecule has 2 aliphatic carbocycles. The van der Waals surface area contributed by atoms with Crippen LogP contribution < -0.4 is 5.32 Å². The molecule has 3 aromatic carbocycles. The Bertz CT molecular complexity index is 1350. The number of benzene rings is 3. The lowest BCUT2D eigenvalue weighted by molar-refractivity contribution is -0.139. The summed E-state index contributed by atoms with van der Waals surface area (Å²) < 4.78 is 0. The molecule has 6 heteroatoms. The van der Waals surface area contributed by atoms with Gasteiger partial charge in [-0.3, -0.25) is 9.69 Å². The molecule has 5 nitrogen and oxygen atoms in total. The van der Waals surface area contributed by atoms with E-state index in [2.05, 4.69) is 71.7 Å². The van der Waals surface area contributed by atoms with Gasteiger partial charge in [-0.25, -0.2) is 4.79 Å². The fourth-order valence-electron chi connectivity index (χ4n) is 6.30. The van der Waals surface area contributed by atoms with Crippen LogP contribution in [0.1, 0.15) is 72.0 Å². The smallest absolute Gasteiger partial charge is 0.326 e. The third kappa shape index (κ3) is 7.04. The second-order valence-electron chi connectivity index (χ2n) is 11.8. The van der Waals surface area contributed by atoms with E-state index < -0.39 is 12.0 Å². The summed E-state index contributed by atoms with van der Waals surface area (Å²) in [6.45, 7) is 2.91. The topological polar surface area (TPSA) is 69.6 Å². The van der Waals surface area contributed by atoms with Crippen molar-refractivity contribution in [3.8, 4) is 11.1 Å². The quantitative estimate of drug-likeness (QED) is 0.202.